The van der Waals surface area contributed by atoms with Crippen LogP contribution in [0.25, 0.3) is 0 Å². The first-order valence-corrected chi connectivity index (χ1v) is 10.3. The van der Waals surface area contributed by atoms with E-state index in [-0.39, 0.29) is 42.8 Å². The molecule has 0 saturated heterocycles. The summed E-state index contributed by atoms with van der Waals surface area (Å²) in [5.41, 5.74) is 2.59. The first-order chi connectivity index (χ1) is 15.4. The lowest BCUT2D eigenvalue weighted by molar-refractivity contribution is -0.136. The Balaban J connectivity index is 1.92. The molecule has 0 unspecified atom stereocenters. The standard InChI is InChI=1S/C24H27N3O5/c1-15(2)16-8-4-6-10-19(16)26-22(29)17-9-5-7-11-20(17)25-21-18(24(31)32-3)14-27(12-13-28)23(21)30/h4-11,15,25,28H,12-14H2,1-3H3,(H,26,29). The molecule has 8 heteroatoms. The van der Waals surface area contributed by atoms with Gasteiger partial charge in [0.15, 0.2) is 0 Å². The molecule has 0 spiro atoms. The van der Waals surface area contributed by atoms with E-state index in [1.807, 2.05) is 38.1 Å². The summed E-state index contributed by atoms with van der Waals surface area (Å²) in [5, 5.41) is 15.1. The number of aliphatic hydroxyl groups excluding tert-OH is 1. The van der Waals surface area contributed by atoms with E-state index in [1.165, 1.54) is 12.0 Å². The van der Waals surface area contributed by atoms with Crippen molar-refractivity contribution < 1.29 is 24.2 Å². The summed E-state index contributed by atoms with van der Waals surface area (Å²) in [4.78, 5) is 39.5. The Morgan fingerprint density at radius 3 is 2.41 bits per heavy atom. The zero-order chi connectivity index (χ0) is 23.3. The van der Waals surface area contributed by atoms with Gasteiger partial charge in [0.2, 0.25) is 0 Å². The molecule has 0 bridgehead atoms. The average molecular weight is 437 g/mol. The number of hydrogen-bond acceptors (Lipinski definition) is 6. The van der Waals surface area contributed by atoms with Crippen molar-refractivity contribution in [1.29, 1.82) is 0 Å². The Hall–Kier alpha value is -3.65. The van der Waals surface area contributed by atoms with E-state index >= 15 is 0 Å². The van der Waals surface area contributed by atoms with E-state index in [2.05, 4.69) is 10.6 Å². The molecule has 0 fully saturated rings. The Morgan fingerprint density at radius 1 is 1.09 bits per heavy atom. The lowest BCUT2D eigenvalue weighted by atomic mass is 10.0. The number of anilines is 2. The van der Waals surface area contributed by atoms with Crippen LogP contribution >= 0.6 is 0 Å². The number of hydrogen-bond donors (Lipinski definition) is 3. The van der Waals surface area contributed by atoms with Crippen molar-refractivity contribution >= 4 is 29.2 Å². The fraction of sp³-hybridized carbons (Fsp3) is 0.292. The van der Waals surface area contributed by atoms with E-state index < -0.39 is 11.9 Å². The van der Waals surface area contributed by atoms with Crippen molar-refractivity contribution in [2.75, 3.05) is 37.4 Å². The number of nitrogens with zero attached hydrogens (tertiary/aromatic N) is 1. The van der Waals surface area contributed by atoms with Crippen molar-refractivity contribution in [2.45, 2.75) is 19.8 Å². The molecule has 3 N–H and O–H groups in total. The van der Waals surface area contributed by atoms with Gasteiger partial charge in [-0.05, 0) is 29.7 Å². The van der Waals surface area contributed by atoms with Crippen LogP contribution in [-0.4, -0.2) is 54.6 Å². The number of carbonyl (C=O) groups excluding carboxylic acids is 3. The van der Waals surface area contributed by atoms with E-state index in [4.69, 9.17) is 4.74 Å². The fourth-order valence-electron chi connectivity index (χ4n) is 3.58. The number of aliphatic hydroxyl groups is 1. The van der Waals surface area contributed by atoms with Crippen molar-refractivity contribution in [3.63, 3.8) is 0 Å². The molecule has 2 aromatic rings. The predicted molar refractivity (Wildman–Crippen MR) is 121 cm³/mol. The zero-order valence-electron chi connectivity index (χ0n) is 18.3. The maximum absolute atomic E-state index is 13.1. The number of methoxy groups -OCH3 is 1. The van der Waals surface area contributed by atoms with Crippen LogP contribution < -0.4 is 10.6 Å². The first-order valence-electron chi connectivity index (χ1n) is 10.3. The van der Waals surface area contributed by atoms with Gasteiger partial charge in [0.05, 0.1) is 37.1 Å². The number of esters is 1. The van der Waals surface area contributed by atoms with Crippen molar-refractivity contribution in [3.05, 3.63) is 70.9 Å². The van der Waals surface area contributed by atoms with E-state index in [0.717, 1.165) is 5.56 Å². The molecular formula is C24H27N3O5. The highest BCUT2D eigenvalue weighted by molar-refractivity contribution is 6.12. The SMILES string of the molecule is COC(=O)C1=C(Nc2ccccc2C(=O)Nc2ccccc2C(C)C)C(=O)N(CCO)C1. The Labute approximate surface area is 186 Å². The molecule has 0 aromatic heterocycles. The van der Waals surface area contributed by atoms with Crippen LogP contribution in [0, 0.1) is 0 Å². The number of β-amino-alcohol motifs (C(OH)–C–C–N with tert-alkyl or cyclic N) is 1. The highest BCUT2D eigenvalue weighted by atomic mass is 16.5. The summed E-state index contributed by atoms with van der Waals surface area (Å²) in [6, 6.07) is 14.3. The molecule has 0 saturated carbocycles. The molecular weight excluding hydrogens is 410 g/mol. The highest BCUT2D eigenvalue weighted by Crippen LogP contribution is 2.27. The molecule has 0 radical (unpaired) electrons. The Kier molecular flexibility index (Phi) is 7.27. The molecule has 168 valence electrons. The van der Waals surface area contributed by atoms with Crippen molar-refractivity contribution in [3.8, 4) is 0 Å². The first kappa shape index (κ1) is 23.0. The smallest absolute Gasteiger partial charge is 0.337 e. The van der Waals surface area contributed by atoms with Gasteiger partial charge >= 0.3 is 5.97 Å². The van der Waals surface area contributed by atoms with Crippen LogP contribution in [0.4, 0.5) is 11.4 Å². The second-order valence-corrected chi connectivity index (χ2v) is 7.66. The van der Waals surface area contributed by atoms with Crippen LogP contribution in [-0.2, 0) is 14.3 Å². The van der Waals surface area contributed by atoms with Gasteiger partial charge in [0, 0.05) is 12.2 Å². The van der Waals surface area contributed by atoms with Gasteiger partial charge in [-0.15, -0.1) is 0 Å². The van der Waals surface area contributed by atoms with Crippen LogP contribution in [0.5, 0.6) is 0 Å². The van der Waals surface area contributed by atoms with Gasteiger partial charge in [-0.2, -0.15) is 0 Å². The van der Waals surface area contributed by atoms with E-state index in [9.17, 15) is 19.5 Å². The molecule has 2 amide bonds. The van der Waals surface area contributed by atoms with Crippen molar-refractivity contribution in [1.82, 2.24) is 4.90 Å². The molecule has 2 aromatic carbocycles. The quantitative estimate of drug-likeness (QED) is 0.548. The third-order valence-corrected chi connectivity index (χ3v) is 5.22. The van der Waals surface area contributed by atoms with Crippen LogP contribution in [0.2, 0.25) is 0 Å². The summed E-state index contributed by atoms with van der Waals surface area (Å²) in [7, 11) is 1.24. The molecule has 1 aliphatic heterocycles. The number of amides is 2. The lowest BCUT2D eigenvalue weighted by Gasteiger charge is -2.17. The summed E-state index contributed by atoms with van der Waals surface area (Å²) < 4.78 is 4.81. The number of carbonyl (C=O) groups is 3. The van der Waals surface area contributed by atoms with Crippen LogP contribution in [0.1, 0.15) is 35.7 Å². The number of rotatable bonds is 8. The number of para-hydroxylation sites is 2. The normalized spacial score (nSPS) is 13.5. The second kappa shape index (κ2) is 10.1. The summed E-state index contributed by atoms with van der Waals surface area (Å²) in [6.45, 7) is 3.96. The van der Waals surface area contributed by atoms with E-state index in [0.29, 0.717) is 16.9 Å². The number of benzene rings is 2. The number of nitrogens with one attached hydrogen (secondary N) is 2. The molecule has 32 heavy (non-hydrogen) atoms. The molecule has 8 nitrogen and oxygen atoms in total. The second-order valence-electron chi connectivity index (χ2n) is 7.66. The van der Waals surface area contributed by atoms with Crippen LogP contribution in [0.3, 0.4) is 0 Å². The minimum atomic E-state index is -0.644. The molecule has 1 aliphatic rings. The third-order valence-electron chi connectivity index (χ3n) is 5.22. The van der Waals surface area contributed by atoms with Crippen molar-refractivity contribution in [2.24, 2.45) is 0 Å². The predicted octanol–water partition coefficient (Wildman–Crippen LogP) is 2.74. The Bertz CT molecular complexity index is 1060. The average Bonchev–Trinajstić information content (AvgIpc) is 3.09. The largest absolute Gasteiger partial charge is 0.466 e. The van der Waals surface area contributed by atoms with E-state index in [1.54, 1.807) is 24.3 Å². The fourth-order valence-corrected chi connectivity index (χ4v) is 3.58. The summed E-state index contributed by atoms with van der Waals surface area (Å²) in [5.74, 6) is -1.21. The zero-order valence-corrected chi connectivity index (χ0v) is 18.3. The number of ether oxygens (including phenoxy) is 1. The minimum Gasteiger partial charge on any atom is -0.466 e. The lowest BCUT2D eigenvalue weighted by Crippen LogP contribution is -2.31. The maximum atomic E-state index is 13.1. The van der Waals surface area contributed by atoms with Gasteiger partial charge in [-0.1, -0.05) is 44.2 Å². The van der Waals surface area contributed by atoms with Gasteiger partial charge in [-0.25, -0.2) is 4.79 Å². The van der Waals surface area contributed by atoms with Gasteiger partial charge in [-0.3, -0.25) is 9.59 Å². The maximum Gasteiger partial charge on any atom is 0.337 e. The Morgan fingerprint density at radius 2 is 1.75 bits per heavy atom. The van der Waals surface area contributed by atoms with Gasteiger partial charge in [0.1, 0.15) is 5.70 Å². The molecule has 0 aliphatic carbocycles. The molecule has 1 heterocycles. The summed E-state index contributed by atoms with van der Waals surface area (Å²) >= 11 is 0. The topological polar surface area (TPSA) is 108 Å². The van der Waals surface area contributed by atoms with Gasteiger partial charge < -0.3 is 25.4 Å². The van der Waals surface area contributed by atoms with Crippen LogP contribution in [0.15, 0.2) is 59.8 Å². The van der Waals surface area contributed by atoms with Gasteiger partial charge in [0.25, 0.3) is 11.8 Å². The third kappa shape index (κ3) is 4.81. The molecule has 3 rings (SSSR count). The minimum absolute atomic E-state index is 0.0184. The monoisotopic (exact) mass is 437 g/mol. The highest BCUT2D eigenvalue weighted by Gasteiger charge is 2.35. The summed E-state index contributed by atoms with van der Waals surface area (Å²) in [6.07, 6.45) is 0. The molecule has 0 atom stereocenters.